The van der Waals surface area contributed by atoms with E-state index in [0.29, 0.717) is 22.7 Å². The summed E-state index contributed by atoms with van der Waals surface area (Å²) >= 11 is 0. The van der Waals surface area contributed by atoms with Gasteiger partial charge in [-0.2, -0.15) is 0 Å². The predicted octanol–water partition coefficient (Wildman–Crippen LogP) is 4.36. The average molecular weight is 427 g/mol. The summed E-state index contributed by atoms with van der Waals surface area (Å²) in [5.74, 6) is -0.328. The van der Waals surface area contributed by atoms with E-state index in [2.05, 4.69) is 19.2 Å². The number of nitrogens with one attached hydrogen (secondary N) is 1. The lowest BCUT2D eigenvalue weighted by Crippen LogP contribution is -2.32. The van der Waals surface area contributed by atoms with E-state index < -0.39 is 24.6 Å². The van der Waals surface area contributed by atoms with Crippen LogP contribution in [0.3, 0.4) is 0 Å². The van der Waals surface area contributed by atoms with E-state index >= 15 is 0 Å². The largest absolute Gasteiger partial charge is 0.493 e. The second-order valence-corrected chi connectivity index (χ2v) is 7.23. The molecule has 7 heteroatoms. The van der Waals surface area contributed by atoms with Gasteiger partial charge in [-0.1, -0.05) is 32.0 Å². The van der Waals surface area contributed by atoms with Crippen molar-refractivity contribution < 1.29 is 28.6 Å². The molecule has 2 atom stereocenters. The first kappa shape index (κ1) is 23.9. The Hall–Kier alpha value is -3.35. The normalized spacial score (nSPS) is 12.4. The maximum Gasteiger partial charge on any atom is 0.344 e. The van der Waals surface area contributed by atoms with Gasteiger partial charge in [0.25, 0.3) is 5.91 Å². The molecule has 2 rings (SSSR count). The zero-order valence-electron chi connectivity index (χ0n) is 18.6. The molecule has 0 bridgehead atoms. The van der Waals surface area contributed by atoms with E-state index in [-0.39, 0.29) is 11.7 Å². The molecular formula is C24H29NO6. The smallest absolute Gasteiger partial charge is 0.344 e. The Morgan fingerprint density at radius 1 is 1.03 bits per heavy atom. The lowest BCUT2D eigenvalue weighted by Gasteiger charge is -2.18. The van der Waals surface area contributed by atoms with Gasteiger partial charge in [-0.25, -0.2) is 4.79 Å². The summed E-state index contributed by atoms with van der Waals surface area (Å²) < 4.78 is 15.8. The standard InChI is InChI=1S/C24H29NO6/c1-6-15(2)19-9-7-8-10-20(19)25-24(28)17(4)31-23(27)14-30-21-12-11-18(16(3)26)13-22(21)29-5/h7-13,15,17H,6,14H2,1-5H3,(H,25,28)/t15-,17+/m0/s1. The number of ether oxygens (including phenoxy) is 3. The van der Waals surface area contributed by atoms with Crippen molar-refractivity contribution in [2.45, 2.75) is 46.1 Å². The summed E-state index contributed by atoms with van der Waals surface area (Å²) in [4.78, 5) is 36.1. The van der Waals surface area contributed by atoms with Crippen molar-refractivity contribution in [1.82, 2.24) is 0 Å². The number of hydrogen-bond acceptors (Lipinski definition) is 6. The predicted molar refractivity (Wildman–Crippen MR) is 118 cm³/mol. The molecule has 0 fully saturated rings. The van der Waals surface area contributed by atoms with Crippen molar-refractivity contribution in [3.63, 3.8) is 0 Å². The summed E-state index contributed by atoms with van der Waals surface area (Å²) in [6, 6.07) is 12.2. The third-order valence-electron chi connectivity index (χ3n) is 4.96. The summed E-state index contributed by atoms with van der Waals surface area (Å²) in [6.07, 6.45) is -0.0610. The van der Waals surface area contributed by atoms with Gasteiger partial charge in [-0.3, -0.25) is 9.59 Å². The van der Waals surface area contributed by atoms with Crippen LogP contribution in [0, 0.1) is 0 Å². The van der Waals surface area contributed by atoms with Gasteiger partial charge < -0.3 is 19.5 Å². The van der Waals surface area contributed by atoms with Crippen LogP contribution in [0.5, 0.6) is 11.5 Å². The Morgan fingerprint density at radius 3 is 2.39 bits per heavy atom. The lowest BCUT2D eigenvalue weighted by molar-refractivity contribution is -0.155. The molecule has 1 N–H and O–H groups in total. The van der Waals surface area contributed by atoms with Crippen LogP contribution in [0.15, 0.2) is 42.5 Å². The molecule has 7 nitrogen and oxygen atoms in total. The van der Waals surface area contributed by atoms with Gasteiger partial charge in [0.05, 0.1) is 7.11 Å². The van der Waals surface area contributed by atoms with Crippen molar-refractivity contribution in [1.29, 1.82) is 0 Å². The molecule has 2 aromatic rings. The third kappa shape index (κ3) is 6.57. The fourth-order valence-corrected chi connectivity index (χ4v) is 2.92. The molecule has 0 heterocycles. The maximum atomic E-state index is 12.5. The number of anilines is 1. The monoisotopic (exact) mass is 427 g/mol. The van der Waals surface area contributed by atoms with Gasteiger partial charge in [0, 0.05) is 11.3 Å². The van der Waals surface area contributed by atoms with Crippen LogP contribution in [0.25, 0.3) is 0 Å². The number of benzene rings is 2. The van der Waals surface area contributed by atoms with E-state index in [4.69, 9.17) is 14.2 Å². The van der Waals surface area contributed by atoms with Crippen molar-refractivity contribution in [2.24, 2.45) is 0 Å². The van der Waals surface area contributed by atoms with Gasteiger partial charge in [0.1, 0.15) is 0 Å². The number of rotatable bonds is 10. The summed E-state index contributed by atoms with van der Waals surface area (Å²) in [6.45, 7) is 6.71. The molecule has 2 aromatic carbocycles. The topological polar surface area (TPSA) is 90.9 Å². The molecule has 31 heavy (non-hydrogen) atoms. The van der Waals surface area contributed by atoms with Crippen LogP contribution < -0.4 is 14.8 Å². The quantitative estimate of drug-likeness (QED) is 0.447. The highest BCUT2D eigenvalue weighted by Crippen LogP contribution is 2.28. The SMILES string of the molecule is CC[C@H](C)c1ccccc1NC(=O)[C@@H](C)OC(=O)COc1ccc(C(C)=O)cc1OC. The van der Waals surface area contributed by atoms with Crippen molar-refractivity contribution in [3.8, 4) is 11.5 Å². The van der Waals surface area contributed by atoms with E-state index in [1.54, 1.807) is 12.1 Å². The summed E-state index contributed by atoms with van der Waals surface area (Å²) in [7, 11) is 1.44. The van der Waals surface area contributed by atoms with Crippen LogP contribution in [0.1, 0.15) is 56.0 Å². The first-order valence-electron chi connectivity index (χ1n) is 10.2. The number of para-hydroxylation sites is 1. The van der Waals surface area contributed by atoms with Gasteiger partial charge in [-0.05, 0) is 56.0 Å². The number of hydrogen-bond donors (Lipinski definition) is 1. The highest BCUT2D eigenvalue weighted by molar-refractivity contribution is 5.96. The summed E-state index contributed by atoms with van der Waals surface area (Å²) in [5.41, 5.74) is 2.20. The van der Waals surface area contributed by atoms with Gasteiger partial charge in [-0.15, -0.1) is 0 Å². The Balaban J connectivity index is 1.94. The Labute approximate surface area is 182 Å². The first-order valence-corrected chi connectivity index (χ1v) is 10.2. The van der Waals surface area contributed by atoms with E-state index in [9.17, 15) is 14.4 Å². The van der Waals surface area contributed by atoms with Gasteiger partial charge >= 0.3 is 5.97 Å². The molecule has 0 saturated heterocycles. The van der Waals surface area contributed by atoms with Crippen LogP contribution in [-0.4, -0.2) is 37.5 Å². The Morgan fingerprint density at radius 2 is 1.74 bits per heavy atom. The number of Topliss-reactive ketones (excluding diaryl/α,β-unsaturated/α-hetero) is 1. The van der Waals surface area contributed by atoms with Crippen LogP contribution in [0.2, 0.25) is 0 Å². The third-order valence-corrected chi connectivity index (χ3v) is 4.96. The molecule has 0 spiro atoms. The second kappa shape index (κ2) is 11.2. The molecule has 1 amide bonds. The zero-order valence-corrected chi connectivity index (χ0v) is 18.6. The van der Waals surface area contributed by atoms with Gasteiger partial charge in [0.15, 0.2) is 30.0 Å². The highest BCUT2D eigenvalue weighted by atomic mass is 16.6. The molecule has 0 aliphatic carbocycles. The van der Waals surface area contributed by atoms with Crippen LogP contribution >= 0.6 is 0 Å². The average Bonchev–Trinajstić information content (AvgIpc) is 2.77. The molecule has 0 saturated carbocycles. The minimum absolute atomic E-state index is 0.112. The Kier molecular flexibility index (Phi) is 8.61. The van der Waals surface area contributed by atoms with Crippen LogP contribution in [-0.2, 0) is 14.3 Å². The molecule has 0 aliphatic heterocycles. The molecular weight excluding hydrogens is 398 g/mol. The fourth-order valence-electron chi connectivity index (χ4n) is 2.92. The number of esters is 1. The lowest BCUT2D eigenvalue weighted by atomic mass is 9.97. The van der Waals surface area contributed by atoms with Crippen molar-refractivity contribution in [2.75, 3.05) is 19.0 Å². The maximum absolute atomic E-state index is 12.5. The van der Waals surface area contributed by atoms with Crippen LogP contribution in [0.4, 0.5) is 5.69 Å². The summed E-state index contributed by atoms with van der Waals surface area (Å²) in [5, 5.41) is 2.83. The molecule has 0 aromatic heterocycles. The fraction of sp³-hybridized carbons (Fsp3) is 0.375. The minimum Gasteiger partial charge on any atom is -0.493 e. The molecule has 166 valence electrons. The van der Waals surface area contributed by atoms with Crippen molar-refractivity contribution in [3.05, 3.63) is 53.6 Å². The van der Waals surface area contributed by atoms with Gasteiger partial charge in [0.2, 0.25) is 0 Å². The zero-order chi connectivity index (χ0) is 23.0. The molecule has 0 unspecified atom stereocenters. The Bertz CT molecular complexity index is 939. The number of carbonyl (C=O) groups excluding carboxylic acids is 3. The number of amides is 1. The highest BCUT2D eigenvalue weighted by Gasteiger charge is 2.20. The molecule has 0 radical (unpaired) electrons. The first-order chi connectivity index (χ1) is 14.8. The minimum atomic E-state index is -0.997. The number of methoxy groups -OCH3 is 1. The number of ketones is 1. The number of carbonyl (C=O) groups is 3. The van der Waals surface area contributed by atoms with Crippen molar-refractivity contribution >= 4 is 23.3 Å². The van der Waals surface area contributed by atoms with E-state index in [1.165, 1.54) is 27.0 Å². The molecule has 0 aliphatic rings. The van der Waals surface area contributed by atoms with E-state index in [1.807, 2.05) is 24.3 Å². The second-order valence-electron chi connectivity index (χ2n) is 7.23. The van der Waals surface area contributed by atoms with E-state index in [0.717, 1.165) is 12.0 Å².